The average molecular weight is 216 g/mol. The fraction of sp³-hybridized carbons (Fsp3) is 0.533. The second-order valence-corrected chi connectivity index (χ2v) is 4.89. The molecule has 0 aliphatic heterocycles. The first-order valence-corrected chi connectivity index (χ1v) is 6.38. The molecule has 0 N–H and O–H groups in total. The number of carbonyl (C=O) groups excluding carboxylic acids is 1. The molecule has 16 heavy (non-hydrogen) atoms. The number of ketones is 1. The summed E-state index contributed by atoms with van der Waals surface area (Å²) in [5.41, 5.74) is 0.839. The minimum Gasteiger partial charge on any atom is -0.294 e. The molecule has 1 fully saturated rings. The zero-order valence-corrected chi connectivity index (χ0v) is 10.0. The fourth-order valence-electron chi connectivity index (χ4n) is 2.87. The highest BCUT2D eigenvalue weighted by Gasteiger charge is 2.37. The van der Waals surface area contributed by atoms with E-state index in [0.29, 0.717) is 5.78 Å². The van der Waals surface area contributed by atoms with Crippen LogP contribution in [0.15, 0.2) is 30.3 Å². The number of benzene rings is 1. The molecule has 1 aromatic carbocycles. The Hall–Kier alpha value is -1.11. The van der Waals surface area contributed by atoms with Gasteiger partial charge in [0.1, 0.15) is 0 Å². The van der Waals surface area contributed by atoms with Crippen LogP contribution in [-0.2, 0) is 0 Å². The molecule has 0 spiro atoms. The molecule has 86 valence electrons. The second-order valence-electron chi connectivity index (χ2n) is 4.89. The third-order valence-corrected chi connectivity index (χ3v) is 4.01. The Balaban J connectivity index is 2.24. The van der Waals surface area contributed by atoms with Crippen LogP contribution in [0.2, 0.25) is 0 Å². The largest absolute Gasteiger partial charge is 0.294 e. The number of hydrogen-bond donors (Lipinski definition) is 0. The van der Waals surface area contributed by atoms with Crippen LogP contribution >= 0.6 is 0 Å². The van der Waals surface area contributed by atoms with E-state index >= 15 is 0 Å². The molecule has 1 nitrogen and oxygen atoms in total. The van der Waals surface area contributed by atoms with E-state index in [1.807, 2.05) is 30.3 Å². The van der Waals surface area contributed by atoms with E-state index in [2.05, 4.69) is 6.92 Å². The third-order valence-electron chi connectivity index (χ3n) is 4.01. The average Bonchev–Trinajstić information content (AvgIpc) is 2.39. The fourth-order valence-corrected chi connectivity index (χ4v) is 2.87. The van der Waals surface area contributed by atoms with E-state index in [4.69, 9.17) is 0 Å². The first kappa shape index (κ1) is 11.4. The second kappa shape index (κ2) is 4.82. The molecular weight excluding hydrogens is 196 g/mol. The first-order valence-electron chi connectivity index (χ1n) is 6.38. The van der Waals surface area contributed by atoms with E-state index in [-0.39, 0.29) is 5.41 Å². The lowest BCUT2D eigenvalue weighted by molar-refractivity contribution is 0.0702. The van der Waals surface area contributed by atoms with Gasteiger partial charge in [-0.25, -0.2) is 0 Å². The van der Waals surface area contributed by atoms with Gasteiger partial charge in [-0.2, -0.15) is 0 Å². The van der Waals surface area contributed by atoms with Crippen molar-refractivity contribution in [2.75, 3.05) is 0 Å². The van der Waals surface area contributed by atoms with Crippen LogP contribution < -0.4 is 0 Å². The maximum Gasteiger partial charge on any atom is 0.168 e. The van der Waals surface area contributed by atoms with Crippen molar-refractivity contribution in [3.63, 3.8) is 0 Å². The minimum atomic E-state index is -0.0559. The Morgan fingerprint density at radius 1 is 1.12 bits per heavy atom. The number of carbonyl (C=O) groups is 1. The van der Waals surface area contributed by atoms with Gasteiger partial charge in [-0.15, -0.1) is 0 Å². The standard InChI is InChI=1S/C15H20O/c1-2-15(11-7-4-8-12-15)14(16)13-9-5-3-6-10-13/h3,5-6,9-10H,2,4,7-8,11-12H2,1H3. The van der Waals surface area contributed by atoms with Crippen molar-refractivity contribution in [1.29, 1.82) is 0 Å². The van der Waals surface area contributed by atoms with Crippen molar-refractivity contribution in [1.82, 2.24) is 0 Å². The van der Waals surface area contributed by atoms with Crippen LogP contribution in [0, 0.1) is 5.41 Å². The normalized spacial score (nSPS) is 19.3. The highest BCUT2D eigenvalue weighted by atomic mass is 16.1. The summed E-state index contributed by atoms with van der Waals surface area (Å²) in [6, 6.07) is 9.79. The van der Waals surface area contributed by atoms with Crippen LogP contribution in [-0.4, -0.2) is 5.78 Å². The van der Waals surface area contributed by atoms with Gasteiger partial charge in [0.15, 0.2) is 5.78 Å². The van der Waals surface area contributed by atoms with E-state index in [9.17, 15) is 4.79 Å². The monoisotopic (exact) mass is 216 g/mol. The molecule has 0 radical (unpaired) electrons. The summed E-state index contributed by atoms with van der Waals surface area (Å²) in [4.78, 5) is 12.6. The number of hydrogen-bond acceptors (Lipinski definition) is 1. The summed E-state index contributed by atoms with van der Waals surface area (Å²) in [7, 11) is 0. The van der Waals surface area contributed by atoms with E-state index < -0.39 is 0 Å². The van der Waals surface area contributed by atoms with E-state index in [1.165, 1.54) is 19.3 Å². The SMILES string of the molecule is CCC1(C(=O)c2ccccc2)CCCCC1. The van der Waals surface area contributed by atoms with Gasteiger partial charge >= 0.3 is 0 Å². The lowest BCUT2D eigenvalue weighted by Gasteiger charge is -2.35. The zero-order chi connectivity index (χ0) is 11.4. The third kappa shape index (κ3) is 2.04. The van der Waals surface area contributed by atoms with Gasteiger partial charge < -0.3 is 0 Å². The van der Waals surface area contributed by atoms with Gasteiger partial charge in [-0.1, -0.05) is 56.5 Å². The molecule has 1 aromatic rings. The summed E-state index contributed by atoms with van der Waals surface area (Å²) in [5.74, 6) is 0.371. The molecule has 0 aromatic heterocycles. The Morgan fingerprint density at radius 2 is 1.75 bits per heavy atom. The minimum absolute atomic E-state index is 0.0559. The van der Waals surface area contributed by atoms with Crippen LogP contribution in [0.4, 0.5) is 0 Å². The molecule has 1 heteroatoms. The summed E-state index contributed by atoms with van der Waals surface area (Å²) in [5, 5.41) is 0. The lowest BCUT2D eigenvalue weighted by Crippen LogP contribution is -2.32. The Morgan fingerprint density at radius 3 is 2.31 bits per heavy atom. The molecule has 0 saturated heterocycles. The maximum absolute atomic E-state index is 12.6. The molecule has 0 atom stereocenters. The van der Waals surface area contributed by atoms with Crippen molar-refractivity contribution >= 4 is 5.78 Å². The topological polar surface area (TPSA) is 17.1 Å². The molecule has 0 amide bonds. The Bertz CT molecular complexity index is 347. The van der Waals surface area contributed by atoms with Crippen LogP contribution in [0.1, 0.15) is 55.8 Å². The summed E-state index contributed by atoms with van der Waals surface area (Å²) < 4.78 is 0. The molecule has 0 heterocycles. The van der Waals surface area contributed by atoms with Gasteiger partial charge in [0.2, 0.25) is 0 Å². The first-order chi connectivity index (χ1) is 7.78. The summed E-state index contributed by atoms with van der Waals surface area (Å²) >= 11 is 0. The van der Waals surface area contributed by atoms with Crippen molar-refractivity contribution in [2.45, 2.75) is 45.4 Å². The van der Waals surface area contributed by atoms with Crippen molar-refractivity contribution in [3.8, 4) is 0 Å². The van der Waals surface area contributed by atoms with Crippen LogP contribution in [0.5, 0.6) is 0 Å². The molecule has 1 aliphatic rings. The van der Waals surface area contributed by atoms with Gasteiger partial charge in [0.25, 0.3) is 0 Å². The van der Waals surface area contributed by atoms with Crippen molar-refractivity contribution in [3.05, 3.63) is 35.9 Å². The molecule has 1 saturated carbocycles. The van der Waals surface area contributed by atoms with Gasteiger partial charge in [-0.05, 0) is 19.3 Å². The Labute approximate surface area is 97.9 Å². The molecule has 2 rings (SSSR count). The van der Waals surface area contributed by atoms with E-state index in [1.54, 1.807) is 0 Å². The van der Waals surface area contributed by atoms with Gasteiger partial charge in [-0.3, -0.25) is 4.79 Å². The predicted molar refractivity (Wildman–Crippen MR) is 66.6 cm³/mol. The predicted octanol–water partition coefficient (Wildman–Crippen LogP) is 4.23. The maximum atomic E-state index is 12.6. The molecule has 0 bridgehead atoms. The zero-order valence-electron chi connectivity index (χ0n) is 10.0. The quantitative estimate of drug-likeness (QED) is 0.691. The van der Waals surface area contributed by atoms with E-state index in [0.717, 1.165) is 24.8 Å². The molecule has 1 aliphatic carbocycles. The van der Waals surface area contributed by atoms with Crippen molar-refractivity contribution in [2.24, 2.45) is 5.41 Å². The van der Waals surface area contributed by atoms with Gasteiger partial charge in [0.05, 0.1) is 0 Å². The highest BCUT2D eigenvalue weighted by molar-refractivity contribution is 6.00. The van der Waals surface area contributed by atoms with Crippen molar-refractivity contribution < 1.29 is 4.79 Å². The Kier molecular flexibility index (Phi) is 3.42. The number of rotatable bonds is 3. The summed E-state index contributed by atoms with van der Waals surface area (Å²) in [6.07, 6.45) is 6.87. The van der Waals surface area contributed by atoms with Crippen LogP contribution in [0.3, 0.4) is 0 Å². The van der Waals surface area contributed by atoms with Gasteiger partial charge in [0, 0.05) is 11.0 Å². The molecular formula is C15H20O. The van der Waals surface area contributed by atoms with Crippen LogP contribution in [0.25, 0.3) is 0 Å². The lowest BCUT2D eigenvalue weighted by atomic mass is 9.68. The summed E-state index contributed by atoms with van der Waals surface area (Å²) in [6.45, 7) is 2.16. The number of Topliss-reactive ketones (excluding diaryl/α,β-unsaturated/α-hetero) is 1. The molecule has 0 unspecified atom stereocenters. The highest BCUT2D eigenvalue weighted by Crippen LogP contribution is 2.41. The smallest absolute Gasteiger partial charge is 0.168 e.